The summed E-state index contributed by atoms with van der Waals surface area (Å²) in [6, 6.07) is 0. The first-order valence-electron chi connectivity index (χ1n) is 3.23. The third-order valence-electron chi connectivity index (χ3n) is 1.34. The van der Waals surface area contributed by atoms with Crippen molar-refractivity contribution in [2.24, 2.45) is 0 Å². The molecule has 1 aromatic heterocycles. The van der Waals surface area contributed by atoms with Crippen molar-refractivity contribution in [3.63, 3.8) is 0 Å². The van der Waals surface area contributed by atoms with Gasteiger partial charge in [0.15, 0.2) is 10.8 Å². The van der Waals surface area contributed by atoms with Crippen LogP contribution in [-0.2, 0) is 6.61 Å². The summed E-state index contributed by atoms with van der Waals surface area (Å²) in [6.07, 6.45) is 0. The van der Waals surface area contributed by atoms with Crippen molar-refractivity contribution < 1.29 is 9.90 Å². The SMILES string of the molecule is CC(=O)c1nc(C)c(CO)s1. The molecule has 1 heterocycles. The lowest BCUT2D eigenvalue weighted by Crippen LogP contribution is -1.89. The number of aliphatic hydroxyl groups excluding tert-OH is 1. The fraction of sp³-hybridized carbons (Fsp3) is 0.429. The first kappa shape index (κ1) is 8.36. The normalized spacial score (nSPS) is 10.1. The van der Waals surface area contributed by atoms with Crippen LogP contribution < -0.4 is 0 Å². The summed E-state index contributed by atoms with van der Waals surface area (Å²) in [6.45, 7) is 3.23. The zero-order valence-corrected chi connectivity index (χ0v) is 7.23. The minimum atomic E-state index is -0.0437. The molecular weight excluding hydrogens is 162 g/mol. The number of aromatic nitrogens is 1. The number of carbonyl (C=O) groups is 1. The lowest BCUT2D eigenvalue weighted by molar-refractivity contribution is 0.101. The zero-order valence-electron chi connectivity index (χ0n) is 6.42. The van der Waals surface area contributed by atoms with Gasteiger partial charge in [-0.2, -0.15) is 0 Å². The minimum Gasteiger partial charge on any atom is -0.391 e. The summed E-state index contributed by atoms with van der Waals surface area (Å²) in [5.41, 5.74) is 0.753. The highest BCUT2D eigenvalue weighted by molar-refractivity contribution is 7.13. The molecule has 11 heavy (non-hydrogen) atoms. The molecular formula is C7H9NO2S. The molecule has 0 radical (unpaired) electrons. The Labute approximate surface area is 68.7 Å². The summed E-state index contributed by atoms with van der Waals surface area (Å²) >= 11 is 1.26. The molecule has 1 rings (SSSR count). The van der Waals surface area contributed by atoms with E-state index in [0.717, 1.165) is 10.6 Å². The second-order valence-electron chi connectivity index (χ2n) is 2.24. The van der Waals surface area contributed by atoms with E-state index in [4.69, 9.17) is 5.11 Å². The second-order valence-corrected chi connectivity index (χ2v) is 3.33. The third kappa shape index (κ3) is 1.64. The molecule has 0 saturated heterocycles. The van der Waals surface area contributed by atoms with Gasteiger partial charge in [-0.15, -0.1) is 11.3 Å². The van der Waals surface area contributed by atoms with Gasteiger partial charge in [0.05, 0.1) is 17.2 Å². The van der Waals surface area contributed by atoms with E-state index in [-0.39, 0.29) is 12.4 Å². The molecule has 60 valence electrons. The van der Waals surface area contributed by atoms with Crippen LogP contribution in [0.5, 0.6) is 0 Å². The van der Waals surface area contributed by atoms with E-state index >= 15 is 0 Å². The molecule has 0 saturated carbocycles. The molecule has 0 aliphatic carbocycles. The number of thiazole rings is 1. The maximum absolute atomic E-state index is 10.8. The summed E-state index contributed by atoms with van der Waals surface area (Å²) in [4.78, 5) is 15.6. The van der Waals surface area contributed by atoms with Crippen molar-refractivity contribution in [1.82, 2.24) is 4.98 Å². The first-order chi connectivity index (χ1) is 5.15. The maximum Gasteiger partial charge on any atom is 0.188 e. The summed E-state index contributed by atoms with van der Waals surface area (Å²) in [7, 11) is 0. The van der Waals surface area contributed by atoms with Crippen molar-refractivity contribution in [2.75, 3.05) is 0 Å². The van der Waals surface area contributed by atoms with Crippen molar-refractivity contribution in [3.05, 3.63) is 15.6 Å². The number of hydrogen-bond donors (Lipinski definition) is 1. The molecule has 0 spiro atoms. The predicted molar refractivity (Wildman–Crippen MR) is 42.8 cm³/mol. The number of hydrogen-bond acceptors (Lipinski definition) is 4. The molecule has 4 heteroatoms. The molecule has 0 atom stereocenters. The third-order valence-corrected chi connectivity index (χ3v) is 2.58. The van der Waals surface area contributed by atoms with E-state index in [9.17, 15) is 4.79 Å². The number of carbonyl (C=O) groups excluding carboxylic acids is 1. The zero-order chi connectivity index (χ0) is 8.43. The van der Waals surface area contributed by atoms with Crippen LogP contribution in [-0.4, -0.2) is 15.9 Å². The molecule has 1 aromatic rings. The molecule has 1 N–H and O–H groups in total. The second kappa shape index (κ2) is 3.11. The quantitative estimate of drug-likeness (QED) is 0.679. The smallest absolute Gasteiger partial charge is 0.188 e. The molecule has 0 aliphatic rings. The Morgan fingerprint density at radius 3 is 2.64 bits per heavy atom. The average Bonchev–Trinajstić information content (AvgIpc) is 2.31. The maximum atomic E-state index is 10.8. The van der Waals surface area contributed by atoms with Crippen LogP contribution in [0, 0.1) is 6.92 Å². The largest absolute Gasteiger partial charge is 0.391 e. The van der Waals surface area contributed by atoms with Gasteiger partial charge in [-0.25, -0.2) is 4.98 Å². The van der Waals surface area contributed by atoms with Crippen LogP contribution in [0.2, 0.25) is 0 Å². The van der Waals surface area contributed by atoms with Gasteiger partial charge in [0.1, 0.15) is 0 Å². The van der Waals surface area contributed by atoms with Gasteiger partial charge in [0, 0.05) is 6.92 Å². The van der Waals surface area contributed by atoms with E-state index in [1.165, 1.54) is 18.3 Å². The first-order valence-corrected chi connectivity index (χ1v) is 4.05. The highest BCUT2D eigenvalue weighted by Gasteiger charge is 2.08. The highest BCUT2D eigenvalue weighted by atomic mass is 32.1. The Morgan fingerprint density at radius 1 is 1.73 bits per heavy atom. The van der Waals surface area contributed by atoms with Crippen LogP contribution in [0.25, 0.3) is 0 Å². The molecule has 0 bridgehead atoms. The lowest BCUT2D eigenvalue weighted by atomic mass is 10.4. The van der Waals surface area contributed by atoms with Gasteiger partial charge in [0.2, 0.25) is 0 Å². The predicted octanol–water partition coefficient (Wildman–Crippen LogP) is 1.15. The van der Waals surface area contributed by atoms with E-state index in [1.54, 1.807) is 6.92 Å². The Kier molecular flexibility index (Phi) is 2.36. The van der Waals surface area contributed by atoms with Gasteiger partial charge in [0.25, 0.3) is 0 Å². The summed E-state index contributed by atoms with van der Waals surface area (Å²) < 4.78 is 0. The summed E-state index contributed by atoms with van der Waals surface area (Å²) in [5.74, 6) is -0.0437. The van der Waals surface area contributed by atoms with Crippen LogP contribution in [0.1, 0.15) is 27.3 Å². The topological polar surface area (TPSA) is 50.2 Å². The molecule has 0 amide bonds. The average molecular weight is 171 g/mol. The Morgan fingerprint density at radius 2 is 2.36 bits per heavy atom. The molecule has 0 aliphatic heterocycles. The number of ketones is 1. The number of aryl methyl sites for hydroxylation is 1. The Bertz CT molecular complexity index is 280. The number of aliphatic hydroxyl groups is 1. The standard InChI is InChI=1S/C7H9NO2S/c1-4-6(3-9)11-7(8-4)5(2)10/h9H,3H2,1-2H3. The van der Waals surface area contributed by atoms with Crippen LogP contribution in [0.4, 0.5) is 0 Å². The van der Waals surface area contributed by atoms with Crippen LogP contribution in [0.3, 0.4) is 0 Å². The molecule has 3 nitrogen and oxygen atoms in total. The van der Waals surface area contributed by atoms with Crippen molar-refractivity contribution in [3.8, 4) is 0 Å². The van der Waals surface area contributed by atoms with Crippen molar-refractivity contribution in [2.45, 2.75) is 20.5 Å². The lowest BCUT2D eigenvalue weighted by Gasteiger charge is -1.85. The van der Waals surface area contributed by atoms with E-state index in [1.807, 2.05) is 0 Å². The van der Waals surface area contributed by atoms with Gasteiger partial charge in [-0.05, 0) is 6.92 Å². The highest BCUT2D eigenvalue weighted by Crippen LogP contribution is 2.17. The Hall–Kier alpha value is -0.740. The van der Waals surface area contributed by atoms with Gasteiger partial charge >= 0.3 is 0 Å². The fourth-order valence-corrected chi connectivity index (χ4v) is 1.54. The Balaban J connectivity index is 3.05. The van der Waals surface area contributed by atoms with Crippen molar-refractivity contribution >= 4 is 17.1 Å². The van der Waals surface area contributed by atoms with Crippen molar-refractivity contribution in [1.29, 1.82) is 0 Å². The van der Waals surface area contributed by atoms with Gasteiger partial charge in [-0.1, -0.05) is 0 Å². The minimum absolute atomic E-state index is 0.0310. The molecule has 0 unspecified atom stereocenters. The monoisotopic (exact) mass is 171 g/mol. The molecule has 0 aromatic carbocycles. The number of nitrogens with zero attached hydrogens (tertiary/aromatic N) is 1. The number of Topliss-reactive ketones (excluding diaryl/α,β-unsaturated/α-hetero) is 1. The fourth-order valence-electron chi connectivity index (χ4n) is 0.725. The van der Waals surface area contributed by atoms with Crippen LogP contribution >= 0.6 is 11.3 Å². The van der Waals surface area contributed by atoms with E-state index < -0.39 is 0 Å². The van der Waals surface area contributed by atoms with E-state index in [0.29, 0.717) is 5.01 Å². The van der Waals surface area contributed by atoms with E-state index in [2.05, 4.69) is 4.98 Å². The van der Waals surface area contributed by atoms with Gasteiger partial charge < -0.3 is 5.11 Å². The van der Waals surface area contributed by atoms with Gasteiger partial charge in [-0.3, -0.25) is 4.79 Å². The molecule has 0 fully saturated rings. The summed E-state index contributed by atoms with van der Waals surface area (Å²) in [5, 5.41) is 9.25. The van der Waals surface area contributed by atoms with Crippen LogP contribution in [0.15, 0.2) is 0 Å². The number of rotatable bonds is 2.